The molecule has 1 aromatic heterocycles. The summed E-state index contributed by atoms with van der Waals surface area (Å²) in [4.78, 5) is 48.1. The van der Waals surface area contributed by atoms with Crippen LogP contribution in [0.3, 0.4) is 0 Å². The van der Waals surface area contributed by atoms with E-state index in [1.54, 1.807) is 27.8 Å². The Bertz CT molecular complexity index is 1080. The van der Waals surface area contributed by atoms with E-state index in [0.29, 0.717) is 43.6 Å². The lowest BCUT2D eigenvalue weighted by atomic mass is 10.1. The van der Waals surface area contributed by atoms with Crippen LogP contribution in [0.1, 0.15) is 45.2 Å². The van der Waals surface area contributed by atoms with Crippen molar-refractivity contribution < 1.29 is 23.9 Å². The summed E-state index contributed by atoms with van der Waals surface area (Å²) in [5, 5.41) is 4.94. The van der Waals surface area contributed by atoms with Crippen molar-refractivity contribution in [1.82, 2.24) is 19.8 Å². The average molecular weight is 447 g/mol. The van der Waals surface area contributed by atoms with Crippen LogP contribution in [-0.2, 0) is 32.5 Å². The zero-order chi connectivity index (χ0) is 23.5. The number of ether oxygens (including phenoxy) is 2. The van der Waals surface area contributed by atoms with Gasteiger partial charge in [0.2, 0.25) is 11.8 Å². The van der Waals surface area contributed by atoms with E-state index in [0.717, 1.165) is 5.56 Å². The molecule has 1 atom stereocenters. The molecule has 2 N–H and O–H groups in total. The highest BCUT2D eigenvalue weighted by atomic mass is 16.6. The predicted octanol–water partition coefficient (Wildman–Crippen LogP) is 1.40. The first-order valence-electron chi connectivity index (χ1n) is 10.6. The van der Waals surface area contributed by atoms with E-state index in [1.165, 1.54) is 9.13 Å². The smallest absolute Gasteiger partial charge is 0.407 e. The van der Waals surface area contributed by atoms with E-state index >= 15 is 0 Å². The SMILES string of the molecule is Cn1c(=O)n(C2CCC(=O)NC2=O)c2ccc(CCOCCNC(=O)OC(C)(C)C)cc21. The number of rotatable bonds is 7. The summed E-state index contributed by atoms with van der Waals surface area (Å²) in [5.74, 6) is -0.767. The number of aromatic nitrogens is 2. The maximum atomic E-state index is 12.8. The van der Waals surface area contributed by atoms with E-state index < -0.39 is 23.6 Å². The molecule has 1 fully saturated rings. The number of benzene rings is 1. The minimum absolute atomic E-state index is 0.206. The van der Waals surface area contributed by atoms with Crippen molar-refractivity contribution in [3.8, 4) is 0 Å². The van der Waals surface area contributed by atoms with Gasteiger partial charge in [0.15, 0.2) is 0 Å². The molecular weight excluding hydrogens is 416 g/mol. The lowest BCUT2D eigenvalue weighted by Crippen LogP contribution is -2.44. The average Bonchev–Trinajstić information content (AvgIpc) is 2.94. The number of amides is 3. The zero-order valence-corrected chi connectivity index (χ0v) is 18.9. The molecule has 1 saturated heterocycles. The number of hydrogen-bond donors (Lipinski definition) is 2. The number of nitrogens with one attached hydrogen (secondary N) is 2. The molecule has 0 aliphatic carbocycles. The molecule has 10 nitrogen and oxygen atoms in total. The Kier molecular flexibility index (Phi) is 7.02. The van der Waals surface area contributed by atoms with Gasteiger partial charge in [0, 0.05) is 20.0 Å². The Morgan fingerprint density at radius 3 is 2.62 bits per heavy atom. The van der Waals surface area contributed by atoms with Gasteiger partial charge >= 0.3 is 11.8 Å². The van der Waals surface area contributed by atoms with E-state index in [1.807, 2.05) is 18.2 Å². The van der Waals surface area contributed by atoms with Gasteiger partial charge in [0.25, 0.3) is 0 Å². The summed E-state index contributed by atoms with van der Waals surface area (Å²) in [7, 11) is 1.66. The molecule has 1 aliphatic heterocycles. The number of hydrogen-bond acceptors (Lipinski definition) is 6. The molecular formula is C22H30N4O6. The van der Waals surface area contributed by atoms with E-state index in [-0.39, 0.29) is 18.0 Å². The molecule has 0 radical (unpaired) electrons. The number of piperidine rings is 1. The molecule has 0 spiro atoms. The van der Waals surface area contributed by atoms with Crippen LogP contribution in [0.15, 0.2) is 23.0 Å². The first-order valence-corrected chi connectivity index (χ1v) is 10.6. The van der Waals surface area contributed by atoms with Gasteiger partial charge in [-0.05, 0) is 51.3 Å². The number of carbonyl (C=O) groups excluding carboxylic acids is 3. The number of imidazole rings is 1. The number of imide groups is 1. The maximum Gasteiger partial charge on any atom is 0.407 e. The first-order chi connectivity index (χ1) is 15.1. The van der Waals surface area contributed by atoms with Crippen LogP contribution in [0, 0.1) is 0 Å². The number of carbonyl (C=O) groups is 3. The van der Waals surface area contributed by atoms with Gasteiger partial charge < -0.3 is 14.8 Å². The highest BCUT2D eigenvalue weighted by Gasteiger charge is 2.31. The van der Waals surface area contributed by atoms with Gasteiger partial charge in [-0.2, -0.15) is 0 Å². The van der Waals surface area contributed by atoms with Crippen molar-refractivity contribution in [2.45, 2.75) is 51.7 Å². The normalized spacial score (nSPS) is 16.8. The number of fused-ring (bicyclic) bond motifs is 1. The zero-order valence-electron chi connectivity index (χ0n) is 18.9. The molecule has 2 aromatic rings. The fraction of sp³-hybridized carbons (Fsp3) is 0.545. The van der Waals surface area contributed by atoms with Crippen molar-refractivity contribution in [3.63, 3.8) is 0 Å². The molecule has 0 saturated carbocycles. The van der Waals surface area contributed by atoms with Crippen LogP contribution in [0.2, 0.25) is 0 Å². The van der Waals surface area contributed by atoms with Gasteiger partial charge in [-0.3, -0.25) is 24.0 Å². The van der Waals surface area contributed by atoms with E-state index in [2.05, 4.69) is 10.6 Å². The molecule has 1 unspecified atom stereocenters. The largest absolute Gasteiger partial charge is 0.444 e. The van der Waals surface area contributed by atoms with Crippen LogP contribution in [0.4, 0.5) is 4.79 Å². The fourth-order valence-corrected chi connectivity index (χ4v) is 3.63. The van der Waals surface area contributed by atoms with Crippen LogP contribution in [0.25, 0.3) is 11.0 Å². The molecule has 2 heterocycles. The number of nitrogens with zero attached hydrogens (tertiary/aromatic N) is 2. The third kappa shape index (κ3) is 5.56. The Labute approximate surface area is 185 Å². The van der Waals surface area contributed by atoms with Crippen molar-refractivity contribution in [1.29, 1.82) is 0 Å². The van der Waals surface area contributed by atoms with Gasteiger partial charge in [-0.25, -0.2) is 9.59 Å². The lowest BCUT2D eigenvalue weighted by Gasteiger charge is -2.21. The molecule has 174 valence electrons. The highest BCUT2D eigenvalue weighted by molar-refractivity contribution is 6.00. The molecule has 0 bridgehead atoms. The fourth-order valence-electron chi connectivity index (χ4n) is 3.63. The Morgan fingerprint density at radius 2 is 1.94 bits per heavy atom. The second-order valence-corrected chi connectivity index (χ2v) is 8.79. The van der Waals surface area contributed by atoms with Crippen LogP contribution >= 0.6 is 0 Å². The highest BCUT2D eigenvalue weighted by Crippen LogP contribution is 2.23. The van der Waals surface area contributed by atoms with Crippen molar-refractivity contribution in [2.24, 2.45) is 7.05 Å². The van der Waals surface area contributed by atoms with E-state index in [4.69, 9.17) is 9.47 Å². The predicted molar refractivity (Wildman–Crippen MR) is 117 cm³/mol. The first kappa shape index (κ1) is 23.5. The summed E-state index contributed by atoms with van der Waals surface area (Å²) in [6.07, 6.45) is 0.654. The third-order valence-electron chi connectivity index (χ3n) is 5.13. The number of alkyl carbamates (subject to hydrolysis) is 1. The van der Waals surface area contributed by atoms with E-state index in [9.17, 15) is 19.2 Å². The second kappa shape index (κ2) is 9.56. The summed E-state index contributed by atoms with van der Waals surface area (Å²) >= 11 is 0. The molecule has 1 aromatic carbocycles. The van der Waals surface area contributed by atoms with Crippen molar-refractivity contribution in [3.05, 3.63) is 34.2 Å². The molecule has 3 amide bonds. The quantitative estimate of drug-likeness (QED) is 0.490. The van der Waals surface area contributed by atoms with Gasteiger partial charge in [-0.1, -0.05) is 6.07 Å². The third-order valence-corrected chi connectivity index (χ3v) is 5.13. The molecule has 1 aliphatic rings. The van der Waals surface area contributed by atoms with Gasteiger partial charge in [-0.15, -0.1) is 0 Å². The molecule has 10 heteroatoms. The van der Waals surface area contributed by atoms with Crippen molar-refractivity contribution in [2.75, 3.05) is 19.8 Å². The summed E-state index contributed by atoms with van der Waals surface area (Å²) in [6.45, 7) is 6.55. The summed E-state index contributed by atoms with van der Waals surface area (Å²) < 4.78 is 13.7. The minimum atomic E-state index is -0.699. The van der Waals surface area contributed by atoms with Gasteiger partial charge in [0.1, 0.15) is 11.6 Å². The minimum Gasteiger partial charge on any atom is -0.444 e. The Balaban J connectivity index is 1.58. The van der Waals surface area contributed by atoms with Gasteiger partial charge in [0.05, 0.1) is 24.2 Å². The molecule has 32 heavy (non-hydrogen) atoms. The Morgan fingerprint density at radius 1 is 1.19 bits per heavy atom. The van der Waals surface area contributed by atoms with Crippen molar-refractivity contribution >= 4 is 28.9 Å². The van der Waals surface area contributed by atoms with Crippen LogP contribution in [-0.4, -0.2) is 52.4 Å². The van der Waals surface area contributed by atoms with Crippen LogP contribution in [0.5, 0.6) is 0 Å². The summed E-state index contributed by atoms with van der Waals surface area (Å²) in [5.41, 5.74) is 1.51. The second-order valence-electron chi connectivity index (χ2n) is 8.79. The topological polar surface area (TPSA) is 121 Å². The monoisotopic (exact) mass is 446 g/mol. The van der Waals surface area contributed by atoms with Crippen LogP contribution < -0.4 is 16.3 Å². The maximum absolute atomic E-state index is 12.8. The lowest BCUT2D eigenvalue weighted by molar-refractivity contribution is -0.135. The molecule has 3 rings (SSSR count). The Hall–Kier alpha value is -3.14. The standard InChI is InChI=1S/C22H30N4O6/c1-22(2,3)32-20(29)23-10-12-31-11-9-14-5-6-15-17(13-14)25(4)21(30)26(15)16-7-8-18(27)24-19(16)28/h5-6,13,16H,7-12H2,1-4H3,(H,23,29)(H,24,27,28). The number of aryl methyl sites for hydroxylation is 1. The summed E-state index contributed by atoms with van der Waals surface area (Å²) in [6, 6.07) is 4.92.